The van der Waals surface area contributed by atoms with Crippen LogP contribution in [0.1, 0.15) is 38.4 Å². The fourth-order valence-electron chi connectivity index (χ4n) is 5.59. The summed E-state index contributed by atoms with van der Waals surface area (Å²) in [6, 6.07) is 31.8. The number of aliphatic carboxylic acids is 1. The fraction of sp³-hybridized carbons (Fsp3) is 0.154. The number of imidazole rings is 1. The highest BCUT2D eigenvalue weighted by Gasteiger charge is 2.21. The third kappa shape index (κ3) is 8.37. The summed E-state index contributed by atoms with van der Waals surface area (Å²) < 4.78 is 14.2. The van der Waals surface area contributed by atoms with Crippen molar-refractivity contribution in [2.24, 2.45) is 7.05 Å². The van der Waals surface area contributed by atoms with Crippen LogP contribution in [0.2, 0.25) is 0 Å². The summed E-state index contributed by atoms with van der Waals surface area (Å²) in [7, 11) is 1.93. The Morgan fingerprint density at radius 3 is 2.16 bits per heavy atom. The molecule has 0 saturated carbocycles. The van der Waals surface area contributed by atoms with Gasteiger partial charge in [0.2, 0.25) is 0 Å². The number of ether oxygens (including phenoxy) is 2. The minimum Gasteiger partial charge on any atom is -0.486 e. The number of fused-ring (bicyclic) bond motifs is 1. The van der Waals surface area contributed by atoms with Crippen molar-refractivity contribution in [2.75, 3.05) is 11.1 Å². The molecule has 0 aliphatic rings. The molecule has 1 aromatic heterocycles. The van der Waals surface area contributed by atoms with Gasteiger partial charge in [0, 0.05) is 42.0 Å². The van der Waals surface area contributed by atoms with Gasteiger partial charge < -0.3 is 30.2 Å². The smallest absolute Gasteiger partial charge is 0.326 e. The molecule has 0 aliphatic carbocycles. The Kier molecular flexibility index (Phi) is 12.1. The zero-order chi connectivity index (χ0) is 33.8. The molecule has 1 heterocycles. The molecule has 5 aromatic carbocycles. The van der Waals surface area contributed by atoms with Crippen LogP contribution in [-0.2, 0) is 24.9 Å². The van der Waals surface area contributed by atoms with E-state index < -0.39 is 12.0 Å². The molecule has 1 atom stereocenters. The predicted octanol–water partition coefficient (Wildman–Crippen LogP) is 8.33. The van der Waals surface area contributed by atoms with E-state index in [4.69, 9.17) is 20.2 Å². The second-order valence-corrected chi connectivity index (χ2v) is 11.7. The summed E-state index contributed by atoms with van der Waals surface area (Å²) in [6.07, 6.45) is 0.203. The van der Waals surface area contributed by atoms with Crippen LogP contribution >= 0.6 is 24.8 Å². The molecule has 6 rings (SSSR count). The predicted molar refractivity (Wildman–Crippen MR) is 201 cm³/mol. The van der Waals surface area contributed by atoms with Crippen LogP contribution in [0.3, 0.4) is 0 Å². The molecule has 0 radical (unpaired) electrons. The van der Waals surface area contributed by atoms with E-state index in [-0.39, 0.29) is 43.6 Å². The normalized spacial score (nSPS) is 11.2. The first kappa shape index (κ1) is 37.3. The lowest BCUT2D eigenvalue weighted by Gasteiger charge is -2.18. The van der Waals surface area contributed by atoms with Crippen LogP contribution < -0.4 is 20.5 Å². The standard InChI is InChI=1S/C39H36N4O5.2ClH/c1-24-19-30(20-25(2)37(24)40)48-29-17-18-33-35(22-29)43(3)36(42-33)23-47-28-15-13-26(14-16-28)21-34(39(45)46)41-32-12-8-7-11-31(32)38(44)27-9-5-4-6-10-27;;/h4-20,22,34,41H,21,23,40H2,1-3H3,(H,45,46);2*1H. The molecule has 9 nitrogen and oxygen atoms in total. The molecule has 0 fully saturated rings. The maximum atomic E-state index is 13.1. The maximum Gasteiger partial charge on any atom is 0.326 e. The third-order valence-corrected chi connectivity index (χ3v) is 8.31. The molecular weight excluding hydrogens is 675 g/mol. The van der Waals surface area contributed by atoms with Crippen molar-refractivity contribution < 1.29 is 24.2 Å². The highest BCUT2D eigenvalue weighted by atomic mass is 35.5. The number of halogens is 2. The van der Waals surface area contributed by atoms with Crippen LogP contribution in [0.15, 0.2) is 109 Å². The van der Waals surface area contributed by atoms with E-state index in [1.54, 1.807) is 48.5 Å². The van der Waals surface area contributed by atoms with Gasteiger partial charge in [0.1, 0.15) is 35.7 Å². The lowest BCUT2D eigenvalue weighted by Crippen LogP contribution is -2.32. The zero-order valence-electron chi connectivity index (χ0n) is 27.8. The van der Waals surface area contributed by atoms with Crippen molar-refractivity contribution >= 4 is 59.0 Å². The van der Waals surface area contributed by atoms with E-state index in [2.05, 4.69) is 5.32 Å². The Morgan fingerprint density at radius 1 is 0.840 bits per heavy atom. The number of aryl methyl sites for hydroxylation is 3. The van der Waals surface area contributed by atoms with Crippen molar-refractivity contribution in [3.63, 3.8) is 0 Å². The quantitative estimate of drug-likeness (QED) is 0.0854. The molecular formula is C39H38Cl2N4O5. The molecule has 11 heteroatoms. The first-order valence-electron chi connectivity index (χ1n) is 15.6. The Bertz CT molecular complexity index is 2090. The number of hydrogen-bond acceptors (Lipinski definition) is 7. The van der Waals surface area contributed by atoms with E-state index in [9.17, 15) is 14.7 Å². The average Bonchev–Trinajstić information content (AvgIpc) is 3.41. The number of rotatable bonds is 12. The van der Waals surface area contributed by atoms with Gasteiger partial charge in [-0.2, -0.15) is 0 Å². The number of carboxylic acid groups (broad SMARTS) is 1. The van der Waals surface area contributed by atoms with Gasteiger partial charge in [-0.25, -0.2) is 9.78 Å². The highest BCUT2D eigenvalue weighted by Crippen LogP contribution is 2.30. The first-order chi connectivity index (χ1) is 23.2. The number of nitrogen functional groups attached to an aromatic ring is 1. The monoisotopic (exact) mass is 712 g/mol. The molecule has 50 heavy (non-hydrogen) atoms. The summed E-state index contributed by atoms with van der Waals surface area (Å²) in [5, 5.41) is 13.1. The van der Waals surface area contributed by atoms with Crippen molar-refractivity contribution in [3.05, 3.63) is 143 Å². The number of carboxylic acids is 1. The summed E-state index contributed by atoms with van der Waals surface area (Å²) in [6.45, 7) is 4.16. The van der Waals surface area contributed by atoms with Crippen molar-refractivity contribution in [3.8, 4) is 17.2 Å². The SMILES string of the molecule is Cc1cc(Oc2ccc3nc(COc4ccc(CC(Nc5ccccc5C(=O)c5ccccc5)C(=O)O)cc4)n(C)c3c2)cc(C)c1N.Cl.Cl. The summed E-state index contributed by atoms with van der Waals surface area (Å²) >= 11 is 0. The Hall–Kier alpha value is -5.51. The van der Waals surface area contributed by atoms with Gasteiger partial charge in [-0.15, -0.1) is 24.8 Å². The van der Waals surface area contributed by atoms with Crippen molar-refractivity contribution in [1.29, 1.82) is 0 Å². The second-order valence-electron chi connectivity index (χ2n) is 11.7. The molecule has 1 unspecified atom stereocenters. The molecule has 0 spiro atoms. The Balaban J connectivity index is 0.00000281. The lowest BCUT2D eigenvalue weighted by molar-refractivity contribution is -0.137. The number of nitrogens with zero attached hydrogens (tertiary/aromatic N) is 2. The average molecular weight is 714 g/mol. The first-order valence-corrected chi connectivity index (χ1v) is 15.6. The van der Waals surface area contributed by atoms with Crippen LogP contribution in [0.25, 0.3) is 11.0 Å². The number of ketones is 1. The third-order valence-electron chi connectivity index (χ3n) is 8.31. The molecule has 0 bridgehead atoms. The van der Waals surface area contributed by atoms with Crippen LogP contribution in [0.4, 0.5) is 11.4 Å². The second kappa shape index (κ2) is 16.3. The van der Waals surface area contributed by atoms with E-state index in [1.807, 2.05) is 86.1 Å². The minimum atomic E-state index is -1.02. The number of nitrogens with two attached hydrogens (primary N) is 1. The highest BCUT2D eigenvalue weighted by molar-refractivity contribution is 6.12. The number of nitrogens with one attached hydrogen (secondary N) is 1. The minimum absolute atomic E-state index is 0. The van der Waals surface area contributed by atoms with Crippen molar-refractivity contribution in [1.82, 2.24) is 9.55 Å². The van der Waals surface area contributed by atoms with Gasteiger partial charge >= 0.3 is 5.97 Å². The fourth-order valence-corrected chi connectivity index (χ4v) is 5.59. The molecule has 258 valence electrons. The summed E-state index contributed by atoms with van der Waals surface area (Å²) in [4.78, 5) is 30.1. The van der Waals surface area contributed by atoms with Crippen molar-refractivity contribution in [2.45, 2.75) is 32.9 Å². The zero-order valence-corrected chi connectivity index (χ0v) is 29.4. The Labute approximate surface area is 302 Å². The summed E-state index contributed by atoms with van der Waals surface area (Å²) in [5.74, 6) is 1.58. The molecule has 0 aliphatic heterocycles. The summed E-state index contributed by atoms with van der Waals surface area (Å²) in [5.41, 5.74) is 12.7. The largest absolute Gasteiger partial charge is 0.486 e. The van der Waals surface area contributed by atoms with Gasteiger partial charge in [0.05, 0.1) is 11.0 Å². The molecule has 4 N–H and O–H groups in total. The molecule has 0 amide bonds. The molecule has 0 saturated heterocycles. The van der Waals surface area contributed by atoms with E-state index in [0.29, 0.717) is 28.3 Å². The number of carbonyl (C=O) groups is 2. The number of hydrogen-bond donors (Lipinski definition) is 3. The molecule has 6 aromatic rings. The van der Waals surface area contributed by atoms with Gasteiger partial charge in [0.15, 0.2) is 5.78 Å². The number of aromatic nitrogens is 2. The van der Waals surface area contributed by atoms with Crippen LogP contribution in [0, 0.1) is 13.8 Å². The van der Waals surface area contributed by atoms with E-state index >= 15 is 0 Å². The van der Waals surface area contributed by atoms with E-state index in [1.165, 1.54) is 0 Å². The number of carbonyl (C=O) groups excluding carboxylic acids is 1. The Morgan fingerprint density at radius 2 is 1.48 bits per heavy atom. The number of anilines is 2. The topological polar surface area (TPSA) is 129 Å². The van der Waals surface area contributed by atoms with Gasteiger partial charge in [0.25, 0.3) is 0 Å². The van der Waals surface area contributed by atoms with Gasteiger partial charge in [-0.1, -0.05) is 54.6 Å². The van der Waals surface area contributed by atoms with Gasteiger partial charge in [-0.05, 0) is 79.1 Å². The maximum absolute atomic E-state index is 13.1. The van der Waals surface area contributed by atoms with Crippen LogP contribution in [0.5, 0.6) is 17.2 Å². The van der Waals surface area contributed by atoms with Crippen LogP contribution in [-0.4, -0.2) is 32.5 Å². The number of benzene rings is 5. The van der Waals surface area contributed by atoms with E-state index in [0.717, 1.165) is 45.0 Å². The lowest BCUT2D eigenvalue weighted by atomic mass is 10.00. The number of para-hydroxylation sites is 1. The van der Waals surface area contributed by atoms with Gasteiger partial charge in [-0.3, -0.25) is 4.79 Å².